The van der Waals surface area contributed by atoms with Crippen LogP contribution in [0.2, 0.25) is 0 Å². The highest BCUT2D eigenvalue weighted by atomic mass is 35.5. The standard InChI is InChI=1S/C17H23FN2O.ClH/c1-12-9-13(5-8-19-12)16(21)20-11-17(6-7-17)14-3-2-4-15(18)10-14;/h2-4,10,12-13,19H,5-9,11H2,1H3,(H,20,21);1H/t12-,13-;/m0./s1. The molecule has 0 bridgehead atoms. The number of halogens is 2. The van der Waals surface area contributed by atoms with Gasteiger partial charge in [-0.25, -0.2) is 4.39 Å². The number of hydrogen-bond acceptors (Lipinski definition) is 2. The Morgan fingerprint density at radius 1 is 1.45 bits per heavy atom. The summed E-state index contributed by atoms with van der Waals surface area (Å²) in [7, 11) is 0. The molecule has 1 aliphatic carbocycles. The molecule has 5 heteroatoms. The molecule has 0 aromatic heterocycles. The summed E-state index contributed by atoms with van der Waals surface area (Å²) in [6, 6.07) is 7.20. The molecular formula is C17H24ClFN2O. The van der Waals surface area contributed by atoms with Crippen molar-refractivity contribution in [3.05, 3.63) is 35.6 Å². The van der Waals surface area contributed by atoms with Crippen LogP contribution in [0.25, 0.3) is 0 Å². The highest BCUT2D eigenvalue weighted by molar-refractivity contribution is 5.85. The molecule has 1 amide bonds. The third-order valence-electron chi connectivity index (χ3n) is 4.89. The molecule has 1 aromatic carbocycles. The number of hydrogen-bond donors (Lipinski definition) is 2. The molecule has 1 saturated carbocycles. The van der Waals surface area contributed by atoms with E-state index in [0.717, 1.165) is 37.8 Å². The fourth-order valence-corrected chi connectivity index (χ4v) is 3.31. The van der Waals surface area contributed by atoms with E-state index in [1.807, 2.05) is 6.07 Å². The maximum atomic E-state index is 13.4. The number of benzene rings is 1. The van der Waals surface area contributed by atoms with Gasteiger partial charge in [-0.3, -0.25) is 4.79 Å². The highest BCUT2D eigenvalue weighted by Crippen LogP contribution is 2.47. The molecule has 1 aromatic rings. The Balaban J connectivity index is 0.00000176. The minimum absolute atomic E-state index is 0. The van der Waals surface area contributed by atoms with Crippen molar-refractivity contribution in [2.45, 2.75) is 44.1 Å². The molecule has 1 aliphatic heterocycles. The van der Waals surface area contributed by atoms with Crippen LogP contribution in [0.15, 0.2) is 24.3 Å². The molecule has 2 fully saturated rings. The van der Waals surface area contributed by atoms with Crippen molar-refractivity contribution in [2.75, 3.05) is 13.1 Å². The SMILES string of the molecule is C[C@H]1C[C@@H](C(=O)NCC2(c3cccc(F)c3)CC2)CCN1.Cl. The van der Waals surface area contributed by atoms with Crippen LogP contribution in [0, 0.1) is 11.7 Å². The van der Waals surface area contributed by atoms with Crippen molar-refractivity contribution in [2.24, 2.45) is 5.92 Å². The Kier molecular flexibility index (Phi) is 5.45. The Labute approximate surface area is 137 Å². The zero-order chi connectivity index (χ0) is 14.9. The largest absolute Gasteiger partial charge is 0.355 e. The van der Waals surface area contributed by atoms with Gasteiger partial charge in [0.1, 0.15) is 5.82 Å². The van der Waals surface area contributed by atoms with Crippen molar-refractivity contribution < 1.29 is 9.18 Å². The zero-order valence-corrected chi connectivity index (χ0v) is 13.7. The predicted molar refractivity (Wildman–Crippen MR) is 87.8 cm³/mol. The van der Waals surface area contributed by atoms with Crippen molar-refractivity contribution in [1.82, 2.24) is 10.6 Å². The first-order valence-corrected chi connectivity index (χ1v) is 7.86. The number of rotatable bonds is 4. The molecule has 3 rings (SSSR count). The average Bonchev–Trinajstić information content (AvgIpc) is 3.26. The summed E-state index contributed by atoms with van der Waals surface area (Å²) < 4.78 is 13.4. The van der Waals surface area contributed by atoms with Gasteiger partial charge < -0.3 is 10.6 Å². The maximum absolute atomic E-state index is 13.4. The monoisotopic (exact) mass is 326 g/mol. The average molecular weight is 327 g/mol. The first-order valence-electron chi connectivity index (χ1n) is 7.86. The Bertz CT molecular complexity index is 533. The highest BCUT2D eigenvalue weighted by Gasteiger charge is 2.44. The zero-order valence-electron chi connectivity index (χ0n) is 12.9. The molecule has 2 N–H and O–H groups in total. The van der Waals surface area contributed by atoms with Crippen molar-refractivity contribution in [3.8, 4) is 0 Å². The molecule has 3 nitrogen and oxygen atoms in total. The van der Waals surface area contributed by atoms with Gasteiger partial charge in [-0.15, -0.1) is 12.4 Å². The van der Waals surface area contributed by atoms with E-state index in [9.17, 15) is 9.18 Å². The lowest BCUT2D eigenvalue weighted by molar-refractivity contribution is -0.126. The van der Waals surface area contributed by atoms with Crippen LogP contribution in [-0.2, 0) is 10.2 Å². The van der Waals surface area contributed by atoms with Crippen molar-refractivity contribution in [1.29, 1.82) is 0 Å². The lowest BCUT2D eigenvalue weighted by atomic mass is 9.91. The molecule has 122 valence electrons. The van der Waals surface area contributed by atoms with Gasteiger partial charge >= 0.3 is 0 Å². The topological polar surface area (TPSA) is 41.1 Å². The molecular weight excluding hydrogens is 303 g/mol. The van der Waals surface area contributed by atoms with Crippen LogP contribution in [0.1, 0.15) is 38.2 Å². The first-order chi connectivity index (χ1) is 10.1. The van der Waals surface area contributed by atoms with E-state index in [4.69, 9.17) is 0 Å². The first kappa shape index (κ1) is 17.2. The molecule has 0 radical (unpaired) electrons. The number of piperidine rings is 1. The van der Waals surface area contributed by atoms with Gasteiger partial charge in [0.05, 0.1) is 0 Å². The van der Waals surface area contributed by atoms with E-state index in [-0.39, 0.29) is 35.5 Å². The Hall–Kier alpha value is -1.13. The van der Waals surface area contributed by atoms with Crippen molar-refractivity contribution >= 4 is 18.3 Å². The van der Waals surface area contributed by atoms with Gasteiger partial charge in [0.25, 0.3) is 0 Å². The quantitative estimate of drug-likeness (QED) is 0.893. The summed E-state index contributed by atoms with van der Waals surface area (Å²) in [6.45, 7) is 3.66. The smallest absolute Gasteiger partial charge is 0.223 e. The second-order valence-electron chi connectivity index (χ2n) is 6.58. The molecule has 2 atom stereocenters. The van der Waals surface area contributed by atoms with Crippen molar-refractivity contribution in [3.63, 3.8) is 0 Å². The lowest BCUT2D eigenvalue weighted by Crippen LogP contribution is -2.44. The third-order valence-corrected chi connectivity index (χ3v) is 4.89. The summed E-state index contributed by atoms with van der Waals surface area (Å²) in [5, 5.41) is 6.47. The van der Waals surface area contributed by atoms with Crippen LogP contribution in [0.5, 0.6) is 0 Å². The summed E-state index contributed by atoms with van der Waals surface area (Å²) in [6.07, 6.45) is 3.86. The third kappa shape index (κ3) is 3.79. The molecule has 22 heavy (non-hydrogen) atoms. The second-order valence-corrected chi connectivity index (χ2v) is 6.58. The molecule has 0 unspecified atom stereocenters. The van der Waals surface area contributed by atoms with Crippen LogP contribution in [-0.4, -0.2) is 25.0 Å². The van der Waals surface area contributed by atoms with E-state index in [0.29, 0.717) is 12.6 Å². The molecule has 1 saturated heterocycles. The van der Waals surface area contributed by atoms with E-state index >= 15 is 0 Å². The number of carbonyl (C=O) groups excluding carboxylic acids is 1. The van der Waals surface area contributed by atoms with E-state index < -0.39 is 0 Å². The summed E-state index contributed by atoms with van der Waals surface area (Å²) in [5.41, 5.74) is 0.984. The van der Waals surface area contributed by atoms with Crippen LogP contribution in [0.4, 0.5) is 4.39 Å². The van der Waals surface area contributed by atoms with E-state index in [1.54, 1.807) is 12.1 Å². The minimum Gasteiger partial charge on any atom is -0.355 e. The summed E-state index contributed by atoms with van der Waals surface area (Å²) in [4.78, 5) is 12.3. The van der Waals surface area contributed by atoms with Gasteiger partial charge in [-0.2, -0.15) is 0 Å². The van der Waals surface area contributed by atoms with E-state index in [2.05, 4.69) is 17.6 Å². The number of carbonyl (C=O) groups is 1. The van der Waals surface area contributed by atoms with Gasteiger partial charge in [-0.05, 0) is 56.8 Å². The number of nitrogens with one attached hydrogen (secondary N) is 2. The molecule has 1 heterocycles. The maximum Gasteiger partial charge on any atom is 0.223 e. The minimum atomic E-state index is -0.197. The molecule has 2 aliphatic rings. The predicted octanol–water partition coefficient (Wildman–Crippen LogP) is 2.78. The van der Waals surface area contributed by atoms with Crippen LogP contribution in [0.3, 0.4) is 0 Å². The van der Waals surface area contributed by atoms with Gasteiger partial charge in [0.15, 0.2) is 0 Å². The second kappa shape index (κ2) is 6.97. The molecule has 0 spiro atoms. The fraction of sp³-hybridized carbons (Fsp3) is 0.588. The summed E-state index contributed by atoms with van der Waals surface area (Å²) in [5.74, 6) is 0.0767. The Morgan fingerprint density at radius 2 is 2.23 bits per heavy atom. The van der Waals surface area contributed by atoms with Gasteiger partial charge in [0.2, 0.25) is 5.91 Å². The summed E-state index contributed by atoms with van der Waals surface area (Å²) >= 11 is 0. The Morgan fingerprint density at radius 3 is 2.86 bits per heavy atom. The van der Waals surface area contributed by atoms with Gasteiger partial charge in [-0.1, -0.05) is 12.1 Å². The fourth-order valence-electron chi connectivity index (χ4n) is 3.31. The van der Waals surface area contributed by atoms with Crippen LogP contribution < -0.4 is 10.6 Å². The lowest BCUT2D eigenvalue weighted by Gasteiger charge is -2.28. The van der Waals surface area contributed by atoms with Gasteiger partial charge in [0, 0.05) is 23.9 Å². The number of amides is 1. The van der Waals surface area contributed by atoms with E-state index in [1.165, 1.54) is 6.07 Å². The van der Waals surface area contributed by atoms with Crippen LogP contribution >= 0.6 is 12.4 Å². The normalized spacial score (nSPS) is 25.9.